The Balaban J connectivity index is 1.46. The smallest absolute Gasteiger partial charge is 0.265 e. The van der Waals surface area contributed by atoms with Crippen LogP contribution in [-0.4, -0.2) is 31.6 Å². The number of carbonyl (C=O) groups is 2. The number of amides is 2. The second-order valence-electron chi connectivity index (χ2n) is 7.60. The van der Waals surface area contributed by atoms with Gasteiger partial charge in [-0.2, -0.15) is 0 Å². The molecule has 1 aliphatic heterocycles. The Morgan fingerprint density at radius 3 is 2.55 bits per heavy atom. The van der Waals surface area contributed by atoms with Crippen molar-refractivity contribution in [1.29, 1.82) is 0 Å². The first kappa shape index (κ1) is 21.7. The predicted molar refractivity (Wildman–Crippen MR) is 127 cm³/mol. The zero-order chi connectivity index (χ0) is 21.7. The van der Waals surface area contributed by atoms with Crippen molar-refractivity contribution in [3.05, 3.63) is 86.5 Å². The van der Waals surface area contributed by atoms with Gasteiger partial charge >= 0.3 is 0 Å². The molecule has 1 aromatic heterocycles. The van der Waals surface area contributed by atoms with Gasteiger partial charge in [-0.25, -0.2) is 0 Å². The Morgan fingerprint density at radius 2 is 1.81 bits per heavy atom. The van der Waals surface area contributed by atoms with Crippen molar-refractivity contribution in [2.45, 2.75) is 18.3 Å². The number of hydrogen-bond donors (Lipinski definition) is 2. The number of thiophene rings is 1. The van der Waals surface area contributed by atoms with E-state index in [9.17, 15) is 9.59 Å². The summed E-state index contributed by atoms with van der Waals surface area (Å²) in [6.07, 6.45) is 1.70. The van der Waals surface area contributed by atoms with E-state index in [2.05, 4.69) is 38.7 Å². The number of nitrogens with one attached hydrogen (secondary N) is 2. The second kappa shape index (κ2) is 9.77. The Morgan fingerprint density at radius 1 is 1.00 bits per heavy atom. The van der Waals surface area contributed by atoms with E-state index in [0.717, 1.165) is 17.3 Å². The van der Waals surface area contributed by atoms with Gasteiger partial charge in [-0.1, -0.05) is 40.2 Å². The Hall–Kier alpha value is -2.48. The summed E-state index contributed by atoms with van der Waals surface area (Å²) in [5, 5.41) is 7.83. The molecule has 2 heterocycles. The van der Waals surface area contributed by atoms with E-state index in [1.54, 1.807) is 30.3 Å². The first-order valence-electron chi connectivity index (χ1n) is 10.1. The van der Waals surface area contributed by atoms with Crippen LogP contribution in [0.3, 0.4) is 0 Å². The van der Waals surface area contributed by atoms with Crippen LogP contribution in [0, 0.1) is 0 Å². The van der Waals surface area contributed by atoms with Gasteiger partial charge in [0.15, 0.2) is 0 Å². The summed E-state index contributed by atoms with van der Waals surface area (Å²) in [5.41, 5.74) is 2.14. The minimum Gasteiger partial charge on any atom is -0.381 e. The average Bonchev–Trinajstić information content (AvgIpc) is 3.34. The van der Waals surface area contributed by atoms with Crippen molar-refractivity contribution in [2.24, 2.45) is 0 Å². The SMILES string of the molecule is O=C(NCC1(c2cccc(Br)c2)CCOCC1)c1cccc(NC(=O)c2cccs2)c1. The molecule has 0 aliphatic carbocycles. The molecule has 0 spiro atoms. The molecule has 5 nitrogen and oxygen atoms in total. The van der Waals surface area contributed by atoms with Gasteiger partial charge in [0.05, 0.1) is 4.88 Å². The van der Waals surface area contributed by atoms with Gasteiger partial charge < -0.3 is 15.4 Å². The molecule has 1 saturated heterocycles. The highest BCUT2D eigenvalue weighted by Crippen LogP contribution is 2.35. The number of hydrogen-bond acceptors (Lipinski definition) is 4. The first-order valence-corrected chi connectivity index (χ1v) is 11.8. The van der Waals surface area contributed by atoms with Crippen molar-refractivity contribution in [3.63, 3.8) is 0 Å². The van der Waals surface area contributed by atoms with Gasteiger partial charge in [-0.3, -0.25) is 9.59 Å². The van der Waals surface area contributed by atoms with Crippen molar-refractivity contribution in [1.82, 2.24) is 5.32 Å². The van der Waals surface area contributed by atoms with Crippen LogP contribution in [0.1, 0.15) is 38.4 Å². The lowest BCUT2D eigenvalue weighted by molar-refractivity contribution is 0.0487. The number of benzene rings is 2. The first-order chi connectivity index (χ1) is 15.1. The summed E-state index contributed by atoms with van der Waals surface area (Å²) in [7, 11) is 0. The molecule has 1 fully saturated rings. The van der Waals surface area contributed by atoms with Crippen LogP contribution >= 0.6 is 27.3 Å². The molecule has 2 aromatic carbocycles. The molecule has 2 N–H and O–H groups in total. The summed E-state index contributed by atoms with van der Waals surface area (Å²) < 4.78 is 6.61. The summed E-state index contributed by atoms with van der Waals surface area (Å²) >= 11 is 4.94. The van der Waals surface area contributed by atoms with E-state index >= 15 is 0 Å². The molecular weight excluding hydrogens is 476 g/mol. The Labute approximate surface area is 194 Å². The van der Waals surface area contributed by atoms with E-state index in [0.29, 0.717) is 35.9 Å². The summed E-state index contributed by atoms with van der Waals surface area (Å²) in [4.78, 5) is 25.9. The number of carbonyl (C=O) groups excluding carboxylic acids is 2. The van der Waals surface area contributed by atoms with Crippen molar-refractivity contribution in [3.8, 4) is 0 Å². The van der Waals surface area contributed by atoms with Gasteiger partial charge in [0.1, 0.15) is 0 Å². The molecule has 31 heavy (non-hydrogen) atoms. The van der Waals surface area contributed by atoms with Crippen LogP contribution in [0.4, 0.5) is 5.69 Å². The summed E-state index contributed by atoms with van der Waals surface area (Å²) in [5.74, 6) is -0.337. The Bertz CT molecular complexity index is 1060. The predicted octanol–water partition coefficient (Wildman–Crippen LogP) is 5.24. The lowest BCUT2D eigenvalue weighted by Gasteiger charge is -2.38. The third-order valence-corrected chi connectivity index (χ3v) is 6.96. The summed E-state index contributed by atoms with van der Waals surface area (Å²) in [6.45, 7) is 1.87. The maximum atomic E-state index is 12.9. The molecule has 4 rings (SSSR count). The number of ether oxygens (including phenoxy) is 1. The van der Waals surface area contributed by atoms with Crippen molar-refractivity contribution < 1.29 is 14.3 Å². The monoisotopic (exact) mass is 498 g/mol. The van der Waals surface area contributed by atoms with E-state index < -0.39 is 0 Å². The molecule has 0 radical (unpaired) electrons. The minimum atomic E-state index is -0.177. The topological polar surface area (TPSA) is 67.4 Å². The Kier molecular flexibility index (Phi) is 6.85. The molecule has 7 heteroatoms. The van der Waals surface area contributed by atoms with Crippen LogP contribution < -0.4 is 10.6 Å². The van der Waals surface area contributed by atoms with Crippen LogP contribution in [-0.2, 0) is 10.2 Å². The van der Waals surface area contributed by atoms with E-state index in [1.807, 2.05) is 23.6 Å². The molecular formula is C24H23BrN2O3S. The average molecular weight is 499 g/mol. The molecule has 0 unspecified atom stereocenters. The van der Waals surface area contributed by atoms with E-state index in [4.69, 9.17) is 4.74 Å². The quantitative estimate of drug-likeness (QED) is 0.488. The van der Waals surface area contributed by atoms with Gasteiger partial charge in [0, 0.05) is 40.9 Å². The fraction of sp³-hybridized carbons (Fsp3) is 0.250. The van der Waals surface area contributed by atoms with Gasteiger partial charge in [0.2, 0.25) is 0 Å². The number of rotatable bonds is 6. The highest BCUT2D eigenvalue weighted by molar-refractivity contribution is 9.10. The maximum absolute atomic E-state index is 12.9. The van der Waals surface area contributed by atoms with Crippen molar-refractivity contribution in [2.75, 3.05) is 25.1 Å². The van der Waals surface area contributed by atoms with Crippen molar-refractivity contribution >= 4 is 44.8 Å². The molecule has 160 valence electrons. The fourth-order valence-electron chi connectivity index (χ4n) is 3.84. The van der Waals surface area contributed by atoms with E-state index in [1.165, 1.54) is 16.9 Å². The lowest BCUT2D eigenvalue weighted by Crippen LogP contribution is -2.44. The highest BCUT2D eigenvalue weighted by atomic mass is 79.9. The van der Waals surface area contributed by atoms with Gasteiger partial charge in [-0.15, -0.1) is 11.3 Å². The third kappa shape index (κ3) is 5.23. The fourth-order valence-corrected chi connectivity index (χ4v) is 4.86. The van der Waals surface area contributed by atoms with Crippen LogP contribution in [0.15, 0.2) is 70.5 Å². The highest BCUT2D eigenvalue weighted by Gasteiger charge is 2.35. The number of halogens is 1. The zero-order valence-electron chi connectivity index (χ0n) is 16.9. The molecule has 3 aromatic rings. The standard InChI is InChI=1S/C24H23BrN2O3S/c25-19-6-2-5-18(15-19)24(9-11-30-12-10-24)16-26-22(28)17-4-1-7-20(14-17)27-23(29)21-8-3-13-31-21/h1-8,13-15H,9-12,16H2,(H,26,28)(H,27,29). The maximum Gasteiger partial charge on any atom is 0.265 e. The zero-order valence-corrected chi connectivity index (χ0v) is 19.3. The minimum absolute atomic E-state index is 0.159. The van der Waals surface area contributed by atoms with Gasteiger partial charge in [-0.05, 0) is 60.2 Å². The molecule has 2 amide bonds. The van der Waals surface area contributed by atoms with Gasteiger partial charge in [0.25, 0.3) is 11.8 Å². The molecule has 0 atom stereocenters. The van der Waals surface area contributed by atoms with Crippen LogP contribution in [0.2, 0.25) is 0 Å². The molecule has 0 saturated carbocycles. The molecule has 1 aliphatic rings. The molecule has 0 bridgehead atoms. The van der Waals surface area contributed by atoms with E-state index in [-0.39, 0.29) is 17.2 Å². The van der Waals surface area contributed by atoms with Crippen LogP contribution in [0.5, 0.6) is 0 Å². The summed E-state index contributed by atoms with van der Waals surface area (Å²) in [6, 6.07) is 18.9. The normalized spacial score (nSPS) is 15.3. The third-order valence-electron chi connectivity index (χ3n) is 5.60. The lowest BCUT2D eigenvalue weighted by atomic mass is 9.74. The number of anilines is 1. The second-order valence-corrected chi connectivity index (χ2v) is 9.46. The van der Waals surface area contributed by atoms with Crippen LogP contribution in [0.25, 0.3) is 0 Å². The largest absolute Gasteiger partial charge is 0.381 e.